The Morgan fingerprint density at radius 2 is 1.85 bits per heavy atom. The number of hydrogen-bond donors (Lipinski definition) is 2. The Balaban J connectivity index is 1.95. The Morgan fingerprint density at radius 1 is 1.19 bits per heavy atom. The van der Waals surface area contributed by atoms with Crippen LogP contribution in [0.5, 0.6) is 11.5 Å². The number of aromatic nitrogens is 2. The van der Waals surface area contributed by atoms with Gasteiger partial charge < -0.3 is 24.1 Å². The number of nitrogens with zero attached hydrogens (tertiary/aromatic N) is 1. The number of ether oxygens (including phenoxy) is 3. The molecule has 2 heterocycles. The maximum absolute atomic E-state index is 13.0. The van der Waals surface area contributed by atoms with E-state index in [-0.39, 0.29) is 5.56 Å². The molecule has 0 bridgehead atoms. The van der Waals surface area contributed by atoms with Crippen LogP contribution < -0.4 is 19.9 Å². The lowest BCUT2D eigenvalue weighted by Crippen LogP contribution is -3.14. The fraction of sp³-hybridized carbons (Fsp3) is 0.556. The second kappa shape index (κ2) is 8.66. The van der Waals surface area contributed by atoms with Crippen LogP contribution in [0.2, 0.25) is 0 Å². The monoisotopic (exact) mass is 380 g/mol. The summed E-state index contributed by atoms with van der Waals surface area (Å²) in [6.45, 7) is 9.73. The zero-order valence-corrected chi connectivity index (χ0v) is 16.1. The molecule has 1 fully saturated rings. The topological polar surface area (TPSA) is 69.9 Å². The second-order valence-corrected chi connectivity index (χ2v) is 6.60. The molecular formula is C18H26N3O4S+. The van der Waals surface area contributed by atoms with Gasteiger partial charge in [-0.2, -0.15) is 0 Å². The lowest BCUT2D eigenvalue weighted by atomic mass is 10.2. The molecule has 7 nitrogen and oxygen atoms in total. The average molecular weight is 380 g/mol. The van der Waals surface area contributed by atoms with Crippen LogP contribution >= 0.6 is 12.2 Å². The van der Waals surface area contributed by atoms with Crippen molar-refractivity contribution in [2.75, 3.05) is 46.1 Å². The summed E-state index contributed by atoms with van der Waals surface area (Å²) in [5.74, 6) is 1.19. The number of benzene rings is 1. The summed E-state index contributed by atoms with van der Waals surface area (Å²) in [7, 11) is 0. The smallest absolute Gasteiger partial charge is 0.262 e. The standard InChI is InChI=1S/C18H25N3O4S/c1-3-24-15-11-13-14(12-16(15)25-4-2)19-18(26)21(17(13)22)6-5-20-7-9-23-10-8-20/h11-12H,3-10H2,1-2H3,(H,19,26)/p+1. The molecule has 0 saturated carbocycles. The minimum atomic E-state index is -0.0968. The van der Waals surface area contributed by atoms with Crippen molar-refractivity contribution in [1.29, 1.82) is 0 Å². The van der Waals surface area contributed by atoms with Gasteiger partial charge in [0, 0.05) is 6.07 Å². The van der Waals surface area contributed by atoms with Gasteiger partial charge in [0.1, 0.15) is 13.1 Å². The summed E-state index contributed by atoms with van der Waals surface area (Å²) < 4.78 is 18.7. The number of morpholine rings is 1. The molecule has 1 saturated heterocycles. The van der Waals surface area contributed by atoms with Crippen LogP contribution in [-0.4, -0.2) is 55.6 Å². The van der Waals surface area contributed by atoms with Crippen molar-refractivity contribution in [3.63, 3.8) is 0 Å². The Morgan fingerprint density at radius 3 is 2.50 bits per heavy atom. The number of nitrogens with one attached hydrogen (secondary N) is 2. The van der Waals surface area contributed by atoms with Crippen LogP contribution in [0.4, 0.5) is 0 Å². The molecule has 0 amide bonds. The molecule has 8 heteroatoms. The highest BCUT2D eigenvalue weighted by molar-refractivity contribution is 7.71. The number of hydrogen-bond acceptors (Lipinski definition) is 5. The third kappa shape index (κ3) is 4.08. The number of rotatable bonds is 7. The molecule has 2 N–H and O–H groups in total. The molecule has 1 aliphatic rings. The zero-order chi connectivity index (χ0) is 18.5. The van der Waals surface area contributed by atoms with E-state index in [0.717, 1.165) is 32.8 Å². The zero-order valence-electron chi connectivity index (χ0n) is 15.3. The molecule has 1 aromatic carbocycles. The number of quaternary nitrogens is 1. The molecule has 0 aliphatic carbocycles. The van der Waals surface area contributed by atoms with Crippen molar-refractivity contribution in [3.8, 4) is 11.5 Å². The third-order valence-corrected chi connectivity index (χ3v) is 4.86. The lowest BCUT2D eigenvalue weighted by molar-refractivity contribution is -0.908. The maximum atomic E-state index is 13.0. The van der Waals surface area contributed by atoms with E-state index >= 15 is 0 Å². The molecule has 0 atom stereocenters. The summed E-state index contributed by atoms with van der Waals surface area (Å²) in [5.41, 5.74) is 0.572. The summed E-state index contributed by atoms with van der Waals surface area (Å²) >= 11 is 5.43. The first-order chi connectivity index (χ1) is 12.6. The fourth-order valence-electron chi connectivity index (χ4n) is 3.18. The lowest BCUT2D eigenvalue weighted by Gasteiger charge is -2.24. The minimum absolute atomic E-state index is 0.0968. The summed E-state index contributed by atoms with van der Waals surface area (Å²) in [5, 5.41) is 0.558. The largest absolute Gasteiger partial charge is 0.490 e. The van der Waals surface area contributed by atoms with E-state index in [0.29, 0.717) is 46.9 Å². The molecule has 1 aromatic heterocycles. The normalized spacial score (nSPS) is 15.3. The number of H-pyrrole nitrogens is 1. The second-order valence-electron chi connectivity index (χ2n) is 6.21. The van der Waals surface area contributed by atoms with Gasteiger partial charge in [0.15, 0.2) is 16.3 Å². The van der Waals surface area contributed by atoms with Crippen molar-refractivity contribution in [1.82, 2.24) is 9.55 Å². The molecular weight excluding hydrogens is 354 g/mol. The highest BCUT2D eigenvalue weighted by Gasteiger charge is 2.16. The summed E-state index contributed by atoms with van der Waals surface area (Å²) in [6, 6.07) is 3.54. The van der Waals surface area contributed by atoms with Crippen LogP contribution in [-0.2, 0) is 11.3 Å². The Labute approximate surface area is 157 Å². The summed E-state index contributed by atoms with van der Waals surface area (Å²) in [6.07, 6.45) is 0. The molecule has 0 radical (unpaired) electrons. The van der Waals surface area contributed by atoms with E-state index in [1.54, 1.807) is 16.7 Å². The van der Waals surface area contributed by atoms with Gasteiger partial charge in [-0.3, -0.25) is 9.36 Å². The van der Waals surface area contributed by atoms with Gasteiger partial charge >= 0.3 is 0 Å². The summed E-state index contributed by atoms with van der Waals surface area (Å²) in [4.78, 5) is 17.6. The molecule has 1 aliphatic heterocycles. The Kier molecular flexibility index (Phi) is 6.29. The van der Waals surface area contributed by atoms with E-state index in [1.807, 2.05) is 13.8 Å². The van der Waals surface area contributed by atoms with Crippen LogP contribution in [0.15, 0.2) is 16.9 Å². The van der Waals surface area contributed by atoms with Crippen LogP contribution in [0.3, 0.4) is 0 Å². The van der Waals surface area contributed by atoms with Gasteiger partial charge in [0.25, 0.3) is 5.56 Å². The highest BCUT2D eigenvalue weighted by Crippen LogP contribution is 2.30. The van der Waals surface area contributed by atoms with Crippen LogP contribution in [0.1, 0.15) is 13.8 Å². The Hall–Kier alpha value is -1.90. The van der Waals surface area contributed by atoms with Gasteiger partial charge in [-0.1, -0.05) is 0 Å². The highest BCUT2D eigenvalue weighted by atomic mass is 32.1. The van der Waals surface area contributed by atoms with Gasteiger partial charge in [-0.05, 0) is 32.1 Å². The first-order valence-electron chi connectivity index (χ1n) is 9.11. The minimum Gasteiger partial charge on any atom is -0.490 e. The van der Waals surface area contributed by atoms with E-state index in [4.69, 9.17) is 26.4 Å². The van der Waals surface area contributed by atoms with Crippen LogP contribution in [0.25, 0.3) is 10.9 Å². The third-order valence-electron chi connectivity index (χ3n) is 4.53. The van der Waals surface area contributed by atoms with Gasteiger partial charge in [-0.15, -0.1) is 0 Å². The van der Waals surface area contributed by atoms with E-state index in [2.05, 4.69) is 4.98 Å². The van der Waals surface area contributed by atoms with Crippen molar-refractivity contribution in [2.24, 2.45) is 0 Å². The molecule has 142 valence electrons. The van der Waals surface area contributed by atoms with E-state index < -0.39 is 0 Å². The van der Waals surface area contributed by atoms with Crippen LogP contribution in [0, 0.1) is 4.77 Å². The average Bonchev–Trinajstić information content (AvgIpc) is 2.64. The van der Waals surface area contributed by atoms with Crippen molar-refractivity contribution in [3.05, 3.63) is 27.3 Å². The number of fused-ring (bicyclic) bond motifs is 1. The predicted molar refractivity (Wildman–Crippen MR) is 102 cm³/mol. The van der Waals surface area contributed by atoms with Crippen molar-refractivity contribution >= 4 is 23.1 Å². The molecule has 3 rings (SSSR count). The van der Waals surface area contributed by atoms with Crippen molar-refractivity contribution in [2.45, 2.75) is 20.4 Å². The fourth-order valence-corrected chi connectivity index (χ4v) is 3.46. The molecule has 0 unspecified atom stereocenters. The molecule has 0 spiro atoms. The van der Waals surface area contributed by atoms with E-state index in [1.165, 1.54) is 4.90 Å². The van der Waals surface area contributed by atoms with Gasteiger partial charge in [0.05, 0.1) is 50.4 Å². The molecule has 2 aromatic rings. The van der Waals surface area contributed by atoms with Crippen molar-refractivity contribution < 1.29 is 19.1 Å². The molecule has 26 heavy (non-hydrogen) atoms. The predicted octanol–water partition coefficient (Wildman–Crippen LogP) is 0.772. The van der Waals surface area contributed by atoms with Gasteiger partial charge in [-0.25, -0.2) is 0 Å². The first-order valence-corrected chi connectivity index (χ1v) is 9.52. The maximum Gasteiger partial charge on any atom is 0.262 e. The number of aromatic amines is 1. The first kappa shape index (κ1) is 18.9. The Bertz CT molecular complexity index is 871. The van der Waals surface area contributed by atoms with E-state index in [9.17, 15) is 4.79 Å². The van der Waals surface area contributed by atoms with Gasteiger partial charge in [0.2, 0.25) is 0 Å². The SMILES string of the molecule is CCOc1cc2[nH]c(=S)n(CC[NH+]3CCOCC3)c(=O)c2cc1OCC. The quantitative estimate of drug-likeness (QED) is 0.695.